The lowest BCUT2D eigenvalue weighted by atomic mass is 10.1. The van der Waals surface area contributed by atoms with E-state index in [2.05, 4.69) is 20.8 Å². The Morgan fingerprint density at radius 1 is 0.756 bits per heavy atom. The number of hydrogen-bond acceptors (Lipinski definition) is 5. The molecule has 10 heteroatoms. The third-order valence-electron chi connectivity index (χ3n) is 7.24. The average Bonchev–Trinajstić information content (AvgIpc) is 3.71. The van der Waals surface area contributed by atoms with E-state index >= 15 is 0 Å². The van der Waals surface area contributed by atoms with Gasteiger partial charge in [0.1, 0.15) is 0 Å². The zero-order valence-corrected chi connectivity index (χ0v) is 23.0. The maximum absolute atomic E-state index is 12.5. The fraction of sp³-hybridized carbons (Fsp3) is 0.258. The van der Waals surface area contributed by atoms with Gasteiger partial charge in [-0.3, -0.25) is 24.3 Å². The zero-order valence-electron chi connectivity index (χ0n) is 23.0. The molecule has 2 aromatic carbocycles. The minimum Gasteiger partial charge on any atom is -0.332 e. The normalized spacial score (nSPS) is 17.6. The van der Waals surface area contributed by atoms with Crippen molar-refractivity contribution in [3.8, 4) is 22.5 Å². The fourth-order valence-electron chi connectivity index (χ4n) is 5.10. The number of aromatic nitrogens is 2. The molecule has 0 unspecified atom stereocenters. The standard InChI is InChI=1S/C31H32N6O4/c1-20(38)36-15-3-5-26(36)17-30(40)32-24-11-7-22(8-12-24)28-19-29(35-34-28)23-9-13-25(14-10-23)33-31(41)18-27-6-4-16-37(27)21(2)39/h3-14,19,26-27H,15-18H2,1-2H3,(H,32,40)(H,33,41)(H,34,35)/t26-,27-/m1/s1. The van der Waals surface area contributed by atoms with Crippen LogP contribution in [-0.4, -0.2) is 68.8 Å². The number of amides is 4. The summed E-state index contributed by atoms with van der Waals surface area (Å²) in [7, 11) is 0. The fourth-order valence-corrected chi connectivity index (χ4v) is 5.10. The van der Waals surface area contributed by atoms with Gasteiger partial charge in [0.25, 0.3) is 0 Å². The van der Waals surface area contributed by atoms with Crippen molar-refractivity contribution in [3.05, 3.63) is 78.9 Å². The Balaban J connectivity index is 1.15. The van der Waals surface area contributed by atoms with Crippen molar-refractivity contribution in [2.45, 2.75) is 38.8 Å². The highest BCUT2D eigenvalue weighted by Crippen LogP contribution is 2.26. The molecule has 1 aromatic heterocycles. The van der Waals surface area contributed by atoms with Crippen LogP contribution in [0.4, 0.5) is 11.4 Å². The lowest BCUT2D eigenvalue weighted by Gasteiger charge is -2.22. The maximum Gasteiger partial charge on any atom is 0.226 e. The van der Waals surface area contributed by atoms with Gasteiger partial charge in [0.05, 0.1) is 36.3 Å². The summed E-state index contributed by atoms with van der Waals surface area (Å²) in [6, 6.07) is 16.4. The lowest BCUT2D eigenvalue weighted by molar-refractivity contribution is -0.131. The minimum atomic E-state index is -0.215. The van der Waals surface area contributed by atoms with Gasteiger partial charge in [-0.25, -0.2) is 0 Å². The van der Waals surface area contributed by atoms with Crippen molar-refractivity contribution in [3.63, 3.8) is 0 Å². The van der Waals surface area contributed by atoms with Gasteiger partial charge in [-0.05, 0) is 35.9 Å². The number of hydrogen-bond donors (Lipinski definition) is 3. The van der Waals surface area contributed by atoms with Crippen molar-refractivity contribution < 1.29 is 19.2 Å². The largest absolute Gasteiger partial charge is 0.332 e. The van der Waals surface area contributed by atoms with Crippen LogP contribution in [0, 0.1) is 0 Å². The first kappa shape index (κ1) is 27.6. The molecule has 3 heterocycles. The van der Waals surface area contributed by atoms with Crippen LogP contribution < -0.4 is 10.6 Å². The highest BCUT2D eigenvalue weighted by Gasteiger charge is 2.25. The number of anilines is 2. The van der Waals surface area contributed by atoms with E-state index in [0.29, 0.717) is 24.5 Å². The SMILES string of the molecule is CC(=O)N1CC=C[C@@H]1CC(=O)Nc1ccc(-c2cc(-c3ccc(NC(=O)C[C@H]4C=CCN4C(C)=O)cc3)[nH]n2)cc1. The first-order chi connectivity index (χ1) is 19.8. The molecule has 3 N–H and O–H groups in total. The van der Waals surface area contributed by atoms with E-state index in [4.69, 9.17) is 0 Å². The Bertz CT molecular complexity index is 1390. The van der Waals surface area contributed by atoms with Crippen LogP contribution in [0.5, 0.6) is 0 Å². The highest BCUT2D eigenvalue weighted by molar-refractivity contribution is 5.93. The van der Waals surface area contributed by atoms with Crippen LogP contribution in [-0.2, 0) is 19.2 Å². The molecule has 5 rings (SSSR count). The summed E-state index contributed by atoms with van der Waals surface area (Å²) in [6.07, 6.45) is 8.00. The third-order valence-corrected chi connectivity index (χ3v) is 7.24. The second-order valence-electron chi connectivity index (χ2n) is 10.2. The number of carbonyl (C=O) groups is 4. The van der Waals surface area contributed by atoms with E-state index in [1.165, 1.54) is 13.8 Å². The topological polar surface area (TPSA) is 127 Å². The summed E-state index contributed by atoms with van der Waals surface area (Å²) < 4.78 is 0. The van der Waals surface area contributed by atoms with Gasteiger partial charge in [-0.1, -0.05) is 48.6 Å². The smallest absolute Gasteiger partial charge is 0.226 e. The molecule has 41 heavy (non-hydrogen) atoms. The summed E-state index contributed by atoms with van der Waals surface area (Å²) >= 11 is 0. The summed E-state index contributed by atoms with van der Waals surface area (Å²) in [5.41, 5.74) is 4.71. The van der Waals surface area contributed by atoms with Gasteiger partial charge >= 0.3 is 0 Å². The van der Waals surface area contributed by atoms with Gasteiger partial charge in [-0.15, -0.1) is 0 Å². The molecular formula is C31H32N6O4. The molecule has 0 fully saturated rings. The van der Waals surface area contributed by atoms with E-state index in [1.807, 2.05) is 78.9 Å². The predicted molar refractivity (Wildman–Crippen MR) is 157 cm³/mol. The van der Waals surface area contributed by atoms with E-state index in [0.717, 1.165) is 22.5 Å². The van der Waals surface area contributed by atoms with E-state index in [-0.39, 0.29) is 48.6 Å². The van der Waals surface area contributed by atoms with Crippen molar-refractivity contribution in [1.82, 2.24) is 20.0 Å². The van der Waals surface area contributed by atoms with E-state index < -0.39 is 0 Å². The highest BCUT2D eigenvalue weighted by atomic mass is 16.2. The van der Waals surface area contributed by atoms with Crippen LogP contribution in [0.25, 0.3) is 22.5 Å². The molecule has 2 aliphatic rings. The quantitative estimate of drug-likeness (QED) is 0.365. The van der Waals surface area contributed by atoms with Crippen LogP contribution in [0.15, 0.2) is 78.9 Å². The summed E-state index contributed by atoms with van der Waals surface area (Å²) in [5.74, 6) is -0.406. The maximum atomic E-state index is 12.5. The Morgan fingerprint density at radius 3 is 1.68 bits per heavy atom. The van der Waals surface area contributed by atoms with Crippen molar-refractivity contribution in [2.75, 3.05) is 23.7 Å². The zero-order chi connectivity index (χ0) is 28.9. The number of carbonyl (C=O) groups excluding carboxylic acids is 4. The number of benzene rings is 2. The molecule has 0 saturated heterocycles. The van der Waals surface area contributed by atoms with Crippen molar-refractivity contribution in [1.29, 1.82) is 0 Å². The van der Waals surface area contributed by atoms with Gasteiger partial charge in [0.2, 0.25) is 23.6 Å². The number of H-pyrrole nitrogens is 1. The molecule has 0 aliphatic carbocycles. The molecule has 0 spiro atoms. The van der Waals surface area contributed by atoms with Crippen LogP contribution >= 0.6 is 0 Å². The average molecular weight is 553 g/mol. The summed E-state index contributed by atoms with van der Waals surface area (Å²) in [6.45, 7) is 4.09. The molecular weight excluding hydrogens is 520 g/mol. The predicted octanol–water partition coefficient (Wildman–Crippen LogP) is 3.97. The molecule has 0 saturated carbocycles. The van der Waals surface area contributed by atoms with Gasteiger partial charge < -0.3 is 20.4 Å². The number of nitrogens with zero attached hydrogens (tertiary/aromatic N) is 3. The van der Waals surface area contributed by atoms with Crippen LogP contribution in [0.2, 0.25) is 0 Å². The molecule has 2 aliphatic heterocycles. The number of nitrogens with one attached hydrogen (secondary N) is 3. The van der Waals surface area contributed by atoms with E-state index in [9.17, 15) is 19.2 Å². The van der Waals surface area contributed by atoms with E-state index in [1.54, 1.807) is 9.80 Å². The Morgan fingerprint density at radius 2 is 1.22 bits per heavy atom. The molecule has 0 radical (unpaired) electrons. The Kier molecular flexibility index (Phi) is 8.09. The second kappa shape index (κ2) is 12.0. The molecule has 3 aromatic rings. The van der Waals surface area contributed by atoms with Gasteiger partial charge in [0.15, 0.2) is 0 Å². The van der Waals surface area contributed by atoms with Crippen molar-refractivity contribution in [2.24, 2.45) is 0 Å². The second-order valence-corrected chi connectivity index (χ2v) is 10.2. The first-order valence-corrected chi connectivity index (χ1v) is 13.5. The van der Waals surface area contributed by atoms with Crippen LogP contribution in [0.3, 0.4) is 0 Å². The van der Waals surface area contributed by atoms with Crippen LogP contribution in [0.1, 0.15) is 26.7 Å². The lowest BCUT2D eigenvalue weighted by Crippen LogP contribution is -2.36. The van der Waals surface area contributed by atoms with Crippen molar-refractivity contribution >= 4 is 35.0 Å². The van der Waals surface area contributed by atoms with Gasteiger partial charge in [0, 0.05) is 43.9 Å². The first-order valence-electron chi connectivity index (χ1n) is 13.5. The minimum absolute atomic E-state index is 0.0468. The molecule has 2 atom stereocenters. The van der Waals surface area contributed by atoms with Gasteiger partial charge in [-0.2, -0.15) is 5.10 Å². The third kappa shape index (κ3) is 6.60. The summed E-state index contributed by atoms with van der Waals surface area (Å²) in [5, 5.41) is 13.3. The molecule has 10 nitrogen and oxygen atoms in total. The monoisotopic (exact) mass is 552 g/mol. The number of aromatic amines is 1. The summed E-state index contributed by atoms with van der Waals surface area (Å²) in [4.78, 5) is 51.8. The Hall–Kier alpha value is -4.99. The molecule has 4 amide bonds. The Labute approximate surface area is 238 Å². The molecule has 0 bridgehead atoms. The molecule has 210 valence electrons. The number of rotatable bonds is 8.